The molecular formula is C21H36N4O6. The number of aliphatic imine (C=N–C) groups is 2. The number of isocyanates is 4. The second kappa shape index (κ2) is 29.2. The van der Waals surface area contributed by atoms with Crippen LogP contribution in [-0.4, -0.2) is 49.5 Å². The highest BCUT2D eigenvalue weighted by Crippen LogP contribution is 2.21. The van der Waals surface area contributed by atoms with Gasteiger partial charge in [0.05, 0.1) is 13.2 Å². The van der Waals surface area contributed by atoms with Gasteiger partial charge in [-0.3, -0.25) is 0 Å². The van der Waals surface area contributed by atoms with Crippen LogP contribution >= 0.6 is 0 Å². The normalized spacial score (nSPS) is 9.58. The van der Waals surface area contributed by atoms with E-state index in [2.05, 4.69) is 37.7 Å². The summed E-state index contributed by atoms with van der Waals surface area (Å²) in [5, 5.41) is 10.8. The summed E-state index contributed by atoms with van der Waals surface area (Å²) in [5.74, 6) is -0.523. The fourth-order valence-corrected chi connectivity index (χ4v) is 2.02. The van der Waals surface area contributed by atoms with Gasteiger partial charge in [0, 0.05) is 0 Å². The molecule has 0 amide bonds. The van der Waals surface area contributed by atoms with E-state index in [1.54, 1.807) is 6.92 Å². The van der Waals surface area contributed by atoms with Crippen LogP contribution in [-0.2, 0) is 28.7 Å². The summed E-state index contributed by atoms with van der Waals surface area (Å²) in [6, 6.07) is -0.794. The van der Waals surface area contributed by atoms with Gasteiger partial charge in [-0.15, -0.1) is 0 Å². The largest absolute Gasteiger partial charge is 0.464 e. The average molecular weight is 441 g/mol. The van der Waals surface area contributed by atoms with Crippen LogP contribution in [0.5, 0.6) is 0 Å². The number of esters is 1. The van der Waals surface area contributed by atoms with E-state index in [0.717, 1.165) is 12.2 Å². The van der Waals surface area contributed by atoms with Gasteiger partial charge in [0.1, 0.15) is 0 Å². The SMILES string of the molecule is CCCCCC(C)(C)C.CCOC(=O)C(CCCCN=C=O)N=C=O.N=C=O.N=C=O. The fraction of sp³-hybridized carbons (Fsp3) is 0.762. The van der Waals surface area contributed by atoms with Crippen molar-refractivity contribution in [2.45, 2.75) is 85.6 Å². The number of unbranched alkanes of at least 4 members (excludes halogenated alkanes) is 3. The minimum absolute atomic E-state index is 0.249. The predicted molar refractivity (Wildman–Crippen MR) is 116 cm³/mol. The molecule has 0 aromatic heterocycles. The topological polar surface area (TPSA) is 167 Å². The first kappa shape index (κ1) is 35.4. The molecule has 10 nitrogen and oxygen atoms in total. The van der Waals surface area contributed by atoms with Crippen LogP contribution < -0.4 is 0 Å². The number of carbonyl (C=O) groups excluding carboxylic acids is 5. The molecule has 0 saturated carbocycles. The van der Waals surface area contributed by atoms with E-state index in [4.69, 9.17) is 25.1 Å². The molecular weight excluding hydrogens is 404 g/mol. The summed E-state index contributed by atoms with van der Waals surface area (Å²) in [7, 11) is 0. The Hall–Kier alpha value is -3.01. The van der Waals surface area contributed by atoms with E-state index >= 15 is 0 Å². The first-order valence-electron chi connectivity index (χ1n) is 10.00. The van der Waals surface area contributed by atoms with Crippen molar-refractivity contribution in [3.63, 3.8) is 0 Å². The highest BCUT2D eigenvalue weighted by molar-refractivity contribution is 5.76. The summed E-state index contributed by atoms with van der Waals surface area (Å²) >= 11 is 0. The molecule has 0 radical (unpaired) electrons. The second-order valence-corrected chi connectivity index (χ2v) is 7.18. The van der Waals surface area contributed by atoms with Crippen molar-refractivity contribution in [3.8, 4) is 0 Å². The summed E-state index contributed by atoms with van der Waals surface area (Å²) in [4.78, 5) is 54.6. The molecule has 10 heteroatoms. The highest BCUT2D eigenvalue weighted by atomic mass is 16.5. The van der Waals surface area contributed by atoms with Crippen LogP contribution in [0.4, 0.5) is 0 Å². The first-order chi connectivity index (χ1) is 14.6. The van der Waals surface area contributed by atoms with Crippen molar-refractivity contribution in [3.05, 3.63) is 0 Å². The number of nitrogens with one attached hydrogen (secondary N) is 2. The average Bonchev–Trinajstić information content (AvgIpc) is 2.68. The van der Waals surface area contributed by atoms with Gasteiger partial charge in [0.2, 0.25) is 24.3 Å². The zero-order valence-corrected chi connectivity index (χ0v) is 19.3. The Morgan fingerprint density at radius 3 is 1.87 bits per heavy atom. The number of rotatable bonds is 11. The van der Waals surface area contributed by atoms with Gasteiger partial charge in [-0.2, -0.15) is 4.99 Å². The summed E-state index contributed by atoms with van der Waals surface area (Å²) < 4.78 is 4.74. The lowest BCUT2D eigenvalue weighted by atomic mass is 9.90. The Bertz CT molecular complexity index is 579. The van der Waals surface area contributed by atoms with E-state index < -0.39 is 12.0 Å². The molecule has 31 heavy (non-hydrogen) atoms. The van der Waals surface area contributed by atoms with E-state index in [-0.39, 0.29) is 6.61 Å². The van der Waals surface area contributed by atoms with Crippen LogP contribution in [0.2, 0.25) is 0 Å². The maximum atomic E-state index is 11.3. The number of nitrogens with zero attached hydrogens (tertiary/aromatic N) is 2. The van der Waals surface area contributed by atoms with Gasteiger partial charge >= 0.3 is 5.97 Å². The minimum atomic E-state index is -0.794. The molecule has 0 rings (SSSR count). The fourth-order valence-electron chi connectivity index (χ4n) is 2.02. The molecule has 0 aliphatic rings. The molecule has 0 aliphatic carbocycles. The highest BCUT2D eigenvalue weighted by Gasteiger charge is 2.17. The van der Waals surface area contributed by atoms with Crippen LogP contribution in [0.15, 0.2) is 9.98 Å². The van der Waals surface area contributed by atoms with Gasteiger partial charge in [-0.25, -0.2) is 39.8 Å². The Kier molecular flexibility index (Phi) is 33.4. The zero-order chi connectivity index (χ0) is 25.0. The van der Waals surface area contributed by atoms with Crippen LogP contribution in [0.25, 0.3) is 0 Å². The van der Waals surface area contributed by atoms with Crippen molar-refractivity contribution < 1.29 is 28.7 Å². The third-order valence-electron chi connectivity index (χ3n) is 3.36. The standard InChI is InChI=1S/C10H14N2O4.C9H20.2CHNO/c1-2-16-10(15)9(12-8-14)5-3-4-6-11-7-13;1-5-6-7-8-9(2,3)4;2*2-1-3/h9H,2-6H2,1H3;5-8H2,1-4H3;2*2H. The summed E-state index contributed by atoms with van der Waals surface area (Å²) in [6.45, 7) is 11.5. The predicted octanol–water partition coefficient (Wildman–Crippen LogP) is 4.17. The summed E-state index contributed by atoms with van der Waals surface area (Å²) in [5.41, 5.74) is 0.551. The third-order valence-corrected chi connectivity index (χ3v) is 3.36. The molecule has 0 aromatic rings. The monoisotopic (exact) mass is 440 g/mol. The van der Waals surface area contributed by atoms with Crippen molar-refractivity contribution in [2.24, 2.45) is 15.4 Å². The van der Waals surface area contributed by atoms with Gasteiger partial charge < -0.3 is 4.74 Å². The molecule has 0 aromatic carbocycles. The number of hydrogen-bond acceptors (Lipinski definition) is 10. The molecule has 176 valence electrons. The number of carbonyl (C=O) groups is 1. The Balaban J connectivity index is -0.000000203. The molecule has 0 spiro atoms. The maximum absolute atomic E-state index is 11.3. The van der Waals surface area contributed by atoms with Crippen LogP contribution in [0.1, 0.15) is 79.6 Å². The minimum Gasteiger partial charge on any atom is -0.464 e. The van der Waals surface area contributed by atoms with E-state index in [9.17, 15) is 14.4 Å². The quantitative estimate of drug-likeness (QED) is 0.211. The zero-order valence-electron chi connectivity index (χ0n) is 19.3. The van der Waals surface area contributed by atoms with Crippen molar-refractivity contribution in [1.29, 1.82) is 10.8 Å². The van der Waals surface area contributed by atoms with E-state index in [0.29, 0.717) is 31.2 Å². The first-order valence-corrected chi connectivity index (χ1v) is 10.00. The van der Waals surface area contributed by atoms with Crippen molar-refractivity contribution in [1.82, 2.24) is 0 Å². The third kappa shape index (κ3) is 42.2. The maximum Gasteiger partial charge on any atom is 0.331 e. The van der Waals surface area contributed by atoms with Gasteiger partial charge in [-0.05, 0) is 38.0 Å². The molecule has 0 aliphatic heterocycles. The van der Waals surface area contributed by atoms with Crippen molar-refractivity contribution >= 4 is 30.3 Å². The molecule has 1 unspecified atom stereocenters. The number of ether oxygens (including phenoxy) is 1. The lowest BCUT2D eigenvalue weighted by Gasteiger charge is -2.16. The molecule has 1 atom stereocenters. The summed E-state index contributed by atoms with van der Waals surface area (Å²) in [6.07, 6.45) is 11.4. The second-order valence-electron chi connectivity index (χ2n) is 7.18. The smallest absolute Gasteiger partial charge is 0.331 e. The van der Waals surface area contributed by atoms with Crippen LogP contribution in [0.3, 0.4) is 0 Å². The molecule has 0 heterocycles. The number of hydrogen-bond donors (Lipinski definition) is 2. The molecule has 2 N–H and O–H groups in total. The Morgan fingerprint density at radius 1 is 0.935 bits per heavy atom. The van der Waals surface area contributed by atoms with Crippen molar-refractivity contribution in [2.75, 3.05) is 13.2 Å². The Labute approximate surface area is 184 Å². The van der Waals surface area contributed by atoms with E-state index in [1.165, 1.54) is 37.8 Å². The lowest BCUT2D eigenvalue weighted by Crippen LogP contribution is -2.21. The van der Waals surface area contributed by atoms with Gasteiger partial charge in [-0.1, -0.05) is 47.0 Å². The Morgan fingerprint density at radius 2 is 1.48 bits per heavy atom. The molecule has 0 bridgehead atoms. The lowest BCUT2D eigenvalue weighted by molar-refractivity contribution is -0.144. The van der Waals surface area contributed by atoms with Gasteiger partial charge in [0.25, 0.3) is 0 Å². The molecule has 0 fully saturated rings. The van der Waals surface area contributed by atoms with E-state index in [1.807, 2.05) is 0 Å². The molecule has 0 saturated heterocycles. The van der Waals surface area contributed by atoms with Crippen LogP contribution in [0, 0.1) is 16.2 Å². The van der Waals surface area contributed by atoms with Gasteiger partial charge in [0.15, 0.2) is 6.04 Å².